The Morgan fingerprint density at radius 1 is 1.25 bits per heavy atom. The summed E-state index contributed by atoms with van der Waals surface area (Å²) in [5.74, 6) is -0.988. The van der Waals surface area contributed by atoms with Crippen molar-refractivity contribution < 1.29 is 9.90 Å². The number of benzene rings is 1. The summed E-state index contributed by atoms with van der Waals surface area (Å²) in [5.41, 5.74) is 1.57. The van der Waals surface area contributed by atoms with Gasteiger partial charge in [-0.1, -0.05) is 0 Å². The monoisotopic (exact) mass is 230 g/mol. The third kappa shape index (κ3) is 1.25. The lowest BCUT2D eigenvalue weighted by molar-refractivity contribution is 0.0696. The number of carboxylic acids is 1. The van der Waals surface area contributed by atoms with Gasteiger partial charge in [-0.15, -0.1) is 11.3 Å². The van der Waals surface area contributed by atoms with Crippen LogP contribution in [0.15, 0.2) is 30.5 Å². The number of nitrogens with zero attached hydrogens (tertiary/aromatic N) is 2. The van der Waals surface area contributed by atoms with Gasteiger partial charge in [-0.25, -0.2) is 9.78 Å². The molecule has 16 heavy (non-hydrogen) atoms. The molecule has 0 bridgehead atoms. The molecule has 3 rings (SSSR count). The second kappa shape index (κ2) is 3.24. The minimum absolute atomic E-state index is 0.117. The first-order valence-corrected chi connectivity index (χ1v) is 5.45. The van der Waals surface area contributed by atoms with Crippen LogP contribution in [0.2, 0.25) is 0 Å². The van der Waals surface area contributed by atoms with Crippen molar-refractivity contribution in [2.24, 2.45) is 0 Å². The first-order chi connectivity index (χ1) is 7.75. The van der Waals surface area contributed by atoms with E-state index in [2.05, 4.69) is 9.97 Å². The molecule has 0 saturated carbocycles. The van der Waals surface area contributed by atoms with Crippen LogP contribution < -0.4 is 0 Å². The second-order valence-corrected chi connectivity index (χ2v) is 4.31. The lowest BCUT2D eigenvalue weighted by atomic mass is 10.2. The number of pyridine rings is 1. The predicted octanol–water partition coefficient (Wildman–Crippen LogP) is 2.54. The maximum atomic E-state index is 10.8. The Kier molecular flexibility index (Phi) is 1.87. The molecule has 0 aliphatic rings. The lowest BCUT2D eigenvalue weighted by Crippen LogP contribution is -1.93. The first kappa shape index (κ1) is 9.23. The minimum Gasteiger partial charge on any atom is -0.476 e. The Balaban J connectivity index is 2.46. The van der Waals surface area contributed by atoms with Crippen molar-refractivity contribution in [3.05, 3.63) is 35.5 Å². The van der Waals surface area contributed by atoms with Crippen LogP contribution in [0.3, 0.4) is 0 Å². The van der Waals surface area contributed by atoms with Crippen molar-refractivity contribution in [1.82, 2.24) is 9.97 Å². The molecule has 0 unspecified atom stereocenters. The van der Waals surface area contributed by atoms with Crippen molar-refractivity contribution in [3.63, 3.8) is 0 Å². The molecule has 78 valence electrons. The van der Waals surface area contributed by atoms with Crippen molar-refractivity contribution in [2.45, 2.75) is 0 Å². The summed E-state index contributed by atoms with van der Waals surface area (Å²) >= 11 is 1.18. The maximum Gasteiger partial charge on any atom is 0.365 e. The minimum atomic E-state index is -0.988. The molecule has 0 spiro atoms. The van der Waals surface area contributed by atoms with Crippen LogP contribution in [-0.4, -0.2) is 21.0 Å². The highest BCUT2D eigenvalue weighted by Crippen LogP contribution is 2.29. The van der Waals surface area contributed by atoms with Crippen molar-refractivity contribution in [2.75, 3.05) is 0 Å². The van der Waals surface area contributed by atoms with Gasteiger partial charge in [0.05, 0.1) is 15.7 Å². The van der Waals surface area contributed by atoms with Gasteiger partial charge in [0.1, 0.15) is 0 Å². The summed E-state index contributed by atoms with van der Waals surface area (Å²) in [4.78, 5) is 19.1. The number of rotatable bonds is 1. The van der Waals surface area contributed by atoms with Crippen LogP contribution in [0.5, 0.6) is 0 Å². The quantitative estimate of drug-likeness (QED) is 0.697. The van der Waals surface area contributed by atoms with Gasteiger partial charge in [-0.3, -0.25) is 4.98 Å². The van der Waals surface area contributed by atoms with E-state index in [4.69, 9.17) is 5.11 Å². The smallest absolute Gasteiger partial charge is 0.365 e. The van der Waals surface area contributed by atoms with Crippen LogP contribution in [0, 0.1) is 0 Å². The third-order valence-corrected chi connectivity index (χ3v) is 3.41. The zero-order valence-corrected chi connectivity index (χ0v) is 8.86. The fourth-order valence-electron chi connectivity index (χ4n) is 1.63. The maximum absolute atomic E-state index is 10.8. The van der Waals surface area contributed by atoms with Crippen LogP contribution >= 0.6 is 11.3 Å². The zero-order chi connectivity index (χ0) is 11.1. The topological polar surface area (TPSA) is 63.1 Å². The fraction of sp³-hybridized carbons (Fsp3) is 0. The Morgan fingerprint density at radius 2 is 2.06 bits per heavy atom. The summed E-state index contributed by atoms with van der Waals surface area (Å²) in [6.07, 6.45) is 1.72. The van der Waals surface area contributed by atoms with Gasteiger partial charge >= 0.3 is 5.97 Å². The first-order valence-electron chi connectivity index (χ1n) is 4.63. The Bertz CT molecular complexity index is 705. The van der Waals surface area contributed by atoms with Gasteiger partial charge in [0.25, 0.3) is 0 Å². The number of hydrogen-bond donors (Lipinski definition) is 1. The molecule has 5 heteroatoms. The molecule has 4 nitrogen and oxygen atoms in total. The number of thiazole rings is 1. The van der Waals surface area contributed by atoms with Gasteiger partial charge in [-0.05, 0) is 24.3 Å². The van der Waals surface area contributed by atoms with E-state index < -0.39 is 5.97 Å². The van der Waals surface area contributed by atoms with Crippen molar-refractivity contribution in [3.8, 4) is 0 Å². The Labute approximate surface area is 94.2 Å². The van der Waals surface area contributed by atoms with E-state index in [1.54, 1.807) is 12.3 Å². The number of aromatic carboxylic acids is 1. The van der Waals surface area contributed by atoms with E-state index in [0.29, 0.717) is 5.52 Å². The molecular formula is C11H6N2O2S. The van der Waals surface area contributed by atoms with E-state index in [0.717, 1.165) is 15.6 Å². The predicted molar refractivity (Wildman–Crippen MR) is 61.9 cm³/mol. The van der Waals surface area contributed by atoms with Gasteiger partial charge in [0, 0.05) is 11.6 Å². The summed E-state index contributed by atoms with van der Waals surface area (Å²) in [6, 6.07) is 7.41. The highest BCUT2D eigenvalue weighted by atomic mass is 32.1. The van der Waals surface area contributed by atoms with Crippen LogP contribution in [-0.2, 0) is 0 Å². The average molecular weight is 230 g/mol. The SMILES string of the molecule is O=C(O)c1nc2ccc3ncccc3c2s1. The molecule has 0 amide bonds. The van der Waals surface area contributed by atoms with E-state index in [-0.39, 0.29) is 5.01 Å². The molecule has 1 aromatic carbocycles. The molecule has 0 radical (unpaired) electrons. The van der Waals surface area contributed by atoms with Gasteiger partial charge in [-0.2, -0.15) is 0 Å². The van der Waals surface area contributed by atoms with Crippen LogP contribution in [0.1, 0.15) is 9.80 Å². The third-order valence-electron chi connectivity index (χ3n) is 2.32. The summed E-state index contributed by atoms with van der Waals surface area (Å²) < 4.78 is 0.878. The van der Waals surface area contributed by atoms with Crippen molar-refractivity contribution in [1.29, 1.82) is 0 Å². The number of aromatic nitrogens is 2. The standard InChI is InChI=1S/C11H6N2O2S/c14-11(15)10-13-8-4-3-7-6(9(8)16-10)2-1-5-12-7/h1-5H,(H,14,15). The largest absolute Gasteiger partial charge is 0.476 e. The van der Waals surface area contributed by atoms with E-state index in [1.807, 2.05) is 18.2 Å². The second-order valence-electron chi connectivity index (χ2n) is 3.31. The van der Waals surface area contributed by atoms with Gasteiger partial charge in [0.2, 0.25) is 5.01 Å². The van der Waals surface area contributed by atoms with E-state index >= 15 is 0 Å². The molecule has 2 heterocycles. The summed E-state index contributed by atoms with van der Waals surface area (Å²) in [6.45, 7) is 0. The number of hydrogen-bond acceptors (Lipinski definition) is 4. The fourth-order valence-corrected chi connectivity index (χ4v) is 2.56. The molecular weight excluding hydrogens is 224 g/mol. The number of carbonyl (C=O) groups is 1. The highest BCUT2D eigenvalue weighted by molar-refractivity contribution is 7.21. The van der Waals surface area contributed by atoms with Gasteiger partial charge in [0.15, 0.2) is 0 Å². The summed E-state index contributed by atoms with van der Waals surface area (Å²) in [7, 11) is 0. The van der Waals surface area contributed by atoms with Crippen LogP contribution in [0.4, 0.5) is 0 Å². The zero-order valence-electron chi connectivity index (χ0n) is 8.04. The van der Waals surface area contributed by atoms with Gasteiger partial charge < -0.3 is 5.11 Å². The molecule has 1 N–H and O–H groups in total. The Hall–Kier alpha value is -2.01. The molecule has 3 aromatic rings. The molecule has 0 saturated heterocycles. The normalized spacial score (nSPS) is 11.0. The molecule has 0 fully saturated rings. The molecule has 0 aliphatic heterocycles. The summed E-state index contributed by atoms with van der Waals surface area (Å²) in [5, 5.41) is 9.96. The lowest BCUT2D eigenvalue weighted by Gasteiger charge is -1.95. The van der Waals surface area contributed by atoms with E-state index in [1.165, 1.54) is 11.3 Å². The molecule has 0 atom stereocenters. The Morgan fingerprint density at radius 3 is 2.88 bits per heavy atom. The number of carboxylic acid groups (broad SMARTS) is 1. The number of fused-ring (bicyclic) bond motifs is 3. The van der Waals surface area contributed by atoms with E-state index in [9.17, 15) is 4.79 Å². The van der Waals surface area contributed by atoms with Crippen molar-refractivity contribution >= 4 is 38.4 Å². The highest BCUT2D eigenvalue weighted by Gasteiger charge is 2.12. The molecule has 2 aromatic heterocycles. The average Bonchev–Trinajstić information content (AvgIpc) is 2.73. The molecule has 0 aliphatic carbocycles. The van der Waals surface area contributed by atoms with Crippen LogP contribution in [0.25, 0.3) is 21.1 Å².